The summed E-state index contributed by atoms with van der Waals surface area (Å²) in [6, 6.07) is 7.56. The number of unbranched alkanes of at least 4 members (excludes halogenated alkanes) is 2. The maximum absolute atomic E-state index is 12.4. The fourth-order valence-corrected chi connectivity index (χ4v) is 2.79. The summed E-state index contributed by atoms with van der Waals surface area (Å²) in [7, 11) is 0. The molecule has 0 aromatic heterocycles. The largest absolute Gasteiger partial charge is 0.478 e. The van der Waals surface area contributed by atoms with Gasteiger partial charge in [-0.25, -0.2) is 19.2 Å². The van der Waals surface area contributed by atoms with E-state index < -0.39 is 23.9 Å². The molecule has 2 aromatic rings. The van der Waals surface area contributed by atoms with Crippen LogP contribution in [0.1, 0.15) is 81.0 Å². The number of hydrogen-bond acceptors (Lipinski definition) is 7. The van der Waals surface area contributed by atoms with Crippen LogP contribution in [0.4, 0.5) is 0 Å². The molecule has 2 N–H and O–H groups in total. The van der Waals surface area contributed by atoms with Gasteiger partial charge in [0.05, 0.1) is 35.5 Å². The third-order valence-corrected chi connectivity index (χ3v) is 4.58. The molecular formula is C24H26O9. The van der Waals surface area contributed by atoms with Crippen LogP contribution in [0.2, 0.25) is 0 Å². The van der Waals surface area contributed by atoms with Gasteiger partial charge in [-0.2, -0.15) is 0 Å². The molecule has 0 bridgehead atoms. The van der Waals surface area contributed by atoms with Gasteiger partial charge in [0.25, 0.3) is 0 Å². The maximum atomic E-state index is 12.4. The molecule has 0 aliphatic heterocycles. The van der Waals surface area contributed by atoms with Crippen molar-refractivity contribution in [2.75, 3.05) is 13.2 Å². The Bertz CT molecular complexity index is 1030. The number of benzene rings is 2. The number of esters is 2. The molecule has 2 aromatic carbocycles. The Morgan fingerprint density at radius 1 is 0.667 bits per heavy atom. The van der Waals surface area contributed by atoms with E-state index in [-0.39, 0.29) is 47.0 Å². The van der Waals surface area contributed by atoms with Crippen LogP contribution < -0.4 is 4.74 Å². The summed E-state index contributed by atoms with van der Waals surface area (Å²) in [4.78, 5) is 47.7. The molecule has 33 heavy (non-hydrogen) atoms. The van der Waals surface area contributed by atoms with E-state index in [1.54, 1.807) is 0 Å². The van der Waals surface area contributed by atoms with Crippen molar-refractivity contribution in [1.82, 2.24) is 0 Å². The van der Waals surface area contributed by atoms with E-state index in [0.29, 0.717) is 12.8 Å². The topological polar surface area (TPSA) is 136 Å². The van der Waals surface area contributed by atoms with E-state index in [9.17, 15) is 29.4 Å². The van der Waals surface area contributed by atoms with Gasteiger partial charge in [-0.15, -0.1) is 0 Å². The van der Waals surface area contributed by atoms with Crippen molar-refractivity contribution in [2.45, 2.75) is 39.5 Å². The first-order valence-corrected chi connectivity index (χ1v) is 10.5. The number of carboxylic acids is 2. The Kier molecular flexibility index (Phi) is 9.41. The molecule has 0 heterocycles. The second kappa shape index (κ2) is 12.2. The predicted octanol–water partition coefficient (Wildman–Crippen LogP) is 4.79. The van der Waals surface area contributed by atoms with Crippen LogP contribution in [0.5, 0.6) is 11.5 Å². The summed E-state index contributed by atoms with van der Waals surface area (Å²) >= 11 is 0. The van der Waals surface area contributed by atoms with E-state index >= 15 is 0 Å². The normalized spacial score (nSPS) is 10.4. The monoisotopic (exact) mass is 458 g/mol. The highest BCUT2D eigenvalue weighted by atomic mass is 16.5. The lowest BCUT2D eigenvalue weighted by atomic mass is 10.1. The minimum atomic E-state index is -1.34. The van der Waals surface area contributed by atoms with Gasteiger partial charge in [0, 0.05) is 0 Å². The zero-order valence-corrected chi connectivity index (χ0v) is 18.5. The van der Waals surface area contributed by atoms with Crippen molar-refractivity contribution in [3.8, 4) is 11.5 Å². The molecule has 9 heteroatoms. The van der Waals surface area contributed by atoms with Crippen LogP contribution in [-0.2, 0) is 9.47 Å². The van der Waals surface area contributed by atoms with E-state index in [0.717, 1.165) is 18.9 Å². The van der Waals surface area contributed by atoms with Gasteiger partial charge in [0.2, 0.25) is 0 Å². The Hall–Kier alpha value is -3.88. The first-order valence-electron chi connectivity index (χ1n) is 10.5. The Balaban J connectivity index is 2.30. The molecule has 0 fully saturated rings. The van der Waals surface area contributed by atoms with Crippen LogP contribution in [-0.4, -0.2) is 47.3 Å². The first kappa shape index (κ1) is 25.4. The van der Waals surface area contributed by atoms with E-state index in [2.05, 4.69) is 0 Å². The number of carboxylic acid groups (broad SMARTS) is 2. The molecule has 0 aliphatic carbocycles. The maximum Gasteiger partial charge on any atom is 0.339 e. The van der Waals surface area contributed by atoms with Crippen molar-refractivity contribution in [3.63, 3.8) is 0 Å². The minimum absolute atomic E-state index is 0.0749. The summed E-state index contributed by atoms with van der Waals surface area (Å²) in [5.41, 5.74) is -0.867. The molecule has 0 spiro atoms. The molecule has 9 nitrogen and oxygen atoms in total. The second-order valence-electron chi connectivity index (χ2n) is 7.11. The number of aromatic carboxylic acids is 2. The predicted molar refractivity (Wildman–Crippen MR) is 117 cm³/mol. The minimum Gasteiger partial charge on any atom is -0.478 e. The number of carbonyl (C=O) groups is 4. The lowest BCUT2D eigenvalue weighted by Gasteiger charge is -2.12. The van der Waals surface area contributed by atoms with Crippen molar-refractivity contribution < 1.29 is 43.6 Å². The molecule has 0 amide bonds. The highest BCUT2D eigenvalue weighted by Gasteiger charge is 2.21. The lowest BCUT2D eigenvalue weighted by Crippen LogP contribution is -2.13. The molecule has 0 saturated heterocycles. The highest BCUT2D eigenvalue weighted by Crippen LogP contribution is 2.27. The van der Waals surface area contributed by atoms with Gasteiger partial charge < -0.3 is 24.4 Å². The summed E-state index contributed by atoms with van der Waals surface area (Å²) in [5, 5.41) is 18.9. The SMILES string of the molecule is CCCCOC(=O)c1ccc(Oc2ccc(C(=O)O)c(C(=O)OCCCC)c2)cc1C(=O)O. The standard InChI is InChI=1S/C24H26O9/c1-3-5-11-31-23(29)18-10-8-15(13-19(18)22(27)28)33-16-7-9-17(21(25)26)20(14-16)24(30)32-12-6-4-2/h7-10,13-14H,3-6,11-12H2,1-2H3,(H,25,26)(H,27,28). The summed E-state index contributed by atoms with van der Waals surface area (Å²) < 4.78 is 15.8. The smallest absolute Gasteiger partial charge is 0.339 e. The number of ether oxygens (including phenoxy) is 3. The molecule has 0 atom stereocenters. The molecule has 0 aliphatic rings. The molecule has 0 saturated carbocycles. The molecule has 2 rings (SSSR count). The Morgan fingerprint density at radius 2 is 1.12 bits per heavy atom. The van der Waals surface area contributed by atoms with Gasteiger partial charge in [-0.05, 0) is 49.2 Å². The van der Waals surface area contributed by atoms with Crippen LogP contribution in [0, 0.1) is 0 Å². The average molecular weight is 458 g/mol. The Labute approximate surface area is 190 Å². The average Bonchev–Trinajstić information content (AvgIpc) is 2.79. The van der Waals surface area contributed by atoms with Gasteiger partial charge in [0.15, 0.2) is 0 Å². The Morgan fingerprint density at radius 3 is 1.61 bits per heavy atom. The van der Waals surface area contributed by atoms with Crippen molar-refractivity contribution in [2.24, 2.45) is 0 Å². The molecule has 0 unspecified atom stereocenters. The molecule has 176 valence electrons. The van der Waals surface area contributed by atoms with Gasteiger partial charge in [0.1, 0.15) is 11.5 Å². The number of carbonyl (C=O) groups excluding carboxylic acids is 2. The van der Waals surface area contributed by atoms with Crippen LogP contribution in [0.3, 0.4) is 0 Å². The lowest BCUT2D eigenvalue weighted by molar-refractivity contribution is 0.0483. The zero-order chi connectivity index (χ0) is 24.4. The number of hydrogen-bond donors (Lipinski definition) is 2. The van der Waals surface area contributed by atoms with E-state index in [1.807, 2.05) is 13.8 Å². The van der Waals surface area contributed by atoms with E-state index in [1.165, 1.54) is 30.3 Å². The summed E-state index contributed by atoms with van der Waals surface area (Å²) in [5.74, 6) is -4.03. The number of rotatable bonds is 12. The summed E-state index contributed by atoms with van der Waals surface area (Å²) in [6.45, 7) is 4.19. The zero-order valence-electron chi connectivity index (χ0n) is 18.5. The van der Waals surface area contributed by atoms with Crippen molar-refractivity contribution in [1.29, 1.82) is 0 Å². The van der Waals surface area contributed by atoms with Crippen molar-refractivity contribution >= 4 is 23.9 Å². The molecular weight excluding hydrogens is 432 g/mol. The van der Waals surface area contributed by atoms with Gasteiger partial charge >= 0.3 is 23.9 Å². The van der Waals surface area contributed by atoms with Crippen LogP contribution in [0.15, 0.2) is 36.4 Å². The fraction of sp³-hybridized carbons (Fsp3) is 0.333. The van der Waals surface area contributed by atoms with Crippen LogP contribution >= 0.6 is 0 Å². The van der Waals surface area contributed by atoms with Gasteiger partial charge in [-0.1, -0.05) is 26.7 Å². The third-order valence-electron chi connectivity index (χ3n) is 4.58. The van der Waals surface area contributed by atoms with Crippen molar-refractivity contribution in [3.05, 3.63) is 58.7 Å². The fourth-order valence-electron chi connectivity index (χ4n) is 2.79. The van der Waals surface area contributed by atoms with Crippen LogP contribution in [0.25, 0.3) is 0 Å². The summed E-state index contributed by atoms with van der Waals surface area (Å²) in [6.07, 6.45) is 2.91. The third kappa shape index (κ3) is 7.06. The second-order valence-corrected chi connectivity index (χ2v) is 7.11. The molecule has 0 radical (unpaired) electrons. The van der Waals surface area contributed by atoms with E-state index in [4.69, 9.17) is 14.2 Å². The first-order chi connectivity index (χ1) is 15.8. The van der Waals surface area contributed by atoms with Gasteiger partial charge in [-0.3, -0.25) is 0 Å². The highest BCUT2D eigenvalue weighted by molar-refractivity contribution is 6.03. The quantitative estimate of drug-likeness (QED) is 0.340.